The minimum absolute atomic E-state index is 0.130. The lowest BCUT2D eigenvalue weighted by Crippen LogP contribution is -2.22. The van der Waals surface area contributed by atoms with Crippen LogP contribution >= 0.6 is 0 Å². The van der Waals surface area contributed by atoms with E-state index in [1.165, 1.54) is 24.0 Å². The van der Waals surface area contributed by atoms with E-state index in [1.807, 2.05) is 0 Å². The fourth-order valence-electron chi connectivity index (χ4n) is 2.73. The molecule has 0 bridgehead atoms. The summed E-state index contributed by atoms with van der Waals surface area (Å²) >= 11 is 0. The summed E-state index contributed by atoms with van der Waals surface area (Å²) in [5, 5.41) is 3.67. The molecule has 1 aliphatic heterocycles. The van der Waals surface area contributed by atoms with E-state index in [1.54, 1.807) is 0 Å². The van der Waals surface area contributed by atoms with Gasteiger partial charge in [-0.15, -0.1) is 0 Å². The first-order valence-electron chi connectivity index (χ1n) is 7.53. The van der Waals surface area contributed by atoms with Gasteiger partial charge in [0.15, 0.2) is 0 Å². The number of rotatable bonds is 3. The van der Waals surface area contributed by atoms with Crippen LogP contribution in [0.25, 0.3) is 0 Å². The SMILES string of the molecule is CCCNC1CCCOc2c1cccc2C(C)(C)C. The maximum Gasteiger partial charge on any atom is 0.127 e. The quantitative estimate of drug-likeness (QED) is 0.880. The van der Waals surface area contributed by atoms with Crippen molar-refractivity contribution in [3.05, 3.63) is 29.3 Å². The Morgan fingerprint density at radius 2 is 2.11 bits per heavy atom. The van der Waals surface area contributed by atoms with Crippen molar-refractivity contribution < 1.29 is 4.74 Å². The van der Waals surface area contributed by atoms with Crippen molar-refractivity contribution in [1.29, 1.82) is 0 Å². The molecule has 106 valence electrons. The normalized spacial score (nSPS) is 19.5. The molecule has 2 nitrogen and oxygen atoms in total. The van der Waals surface area contributed by atoms with Crippen molar-refractivity contribution in [3.63, 3.8) is 0 Å². The molecule has 0 amide bonds. The summed E-state index contributed by atoms with van der Waals surface area (Å²) < 4.78 is 6.08. The Balaban J connectivity index is 2.39. The van der Waals surface area contributed by atoms with E-state index in [2.05, 4.69) is 51.2 Å². The van der Waals surface area contributed by atoms with Gasteiger partial charge in [-0.2, -0.15) is 0 Å². The highest BCUT2D eigenvalue weighted by atomic mass is 16.5. The van der Waals surface area contributed by atoms with Gasteiger partial charge in [0.05, 0.1) is 6.61 Å². The molecule has 0 saturated heterocycles. The van der Waals surface area contributed by atoms with Crippen molar-refractivity contribution >= 4 is 0 Å². The van der Waals surface area contributed by atoms with Crippen LogP contribution in [0.1, 0.15) is 64.1 Å². The largest absolute Gasteiger partial charge is 0.493 e. The number of nitrogens with one attached hydrogen (secondary N) is 1. The molecule has 1 aromatic rings. The lowest BCUT2D eigenvalue weighted by Gasteiger charge is -2.26. The molecule has 1 atom stereocenters. The molecule has 19 heavy (non-hydrogen) atoms. The summed E-state index contributed by atoms with van der Waals surface area (Å²) in [5.74, 6) is 1.13. The summed E-state index contributed by atoms with van der Waals surface area (Å²) in [6, 6.07) is 7.05. The van der Waals surface area contributed by atoms with E-state index in [4.69, 9.17) is 4.74 Å². The second-order valence-electron chi connectivity index (χ2n) is 6.47. The number of hydrogen-bond acceptors (Lipinski definition) is 2. The van der Waals surface area contributed by atoms with Crippen LogP contribution in [0.4, 0.5) is 0 Å². The smallest absolute Gasteiger partial charge is 0.127 e. The number of benzene rings is 1. The van der Waals surface area contributed by atoms with Crippen LogP contribution in [0.5, 0.6) is 5.75 Å². The Bertz CT molecular complexity index is 420. The third-order valence-corrected chi connectivity index (χ3v) is 3.75. The van der Waals surface area contributed by atoms with E-state index in [9.17, 15) is 0 Å². The Labute approximate surface area is 117 Å². The highest BCUT2D eigenvalue weighted by molar-refractivity contribution is 5.47. The maximum absolute atomic E-state index is 6.08. The second-order valence-corrected chi connectivity index (χ2v) is 6.47. The molecule has 0 spiro atoms. The zero-order valence-electron chi connectivity index (χ0n) is 12.8. The third kappa shape index (κ3) is 3.30. The van der Waals surface area contributed by atoms with Gasteiger partial charge in [0.1, 0.15) is 5.75 Å². The molecule has 2 heteroatoms. The molecular weight excluding hydrogens is 234 g/mol. The predicted octanol–water partition coefficient (Wildman–Crippen LogP) is 4.20. The molecule has 0 aromatic heterocycles. The van der Waals surface area contributed by atoms with E-state index in [0.29, 0.717) is 6.04 Å². The number of ether oxygens (including phenoxy) is 1. The van der Waals surface area contributed by atoms with Gasteiger partial charge in [-0.05, 0) is 36.8 Å². The first-order chi connectivity index (χ1) is 9.04. The van der Waals surface area contributed by atoms with E-state index >= 15 is 0 Å². The first kappa shape index (κ1) is 14.4. The van der Waals surface area contributed by atoms with Crippen LogP contribution in [0, 0.1) is 0 Å². The molecule has 2 rings (SSSR count). The van der Waals surface area contributed by atoms with Gasteiger partial charge in [-0.25, -0.2) is 0 Å². The van der Waals surface area contributed by atoms with Crippen molar-refractivity contribution in [1.82, 2.24) is 5.32 Å². The van der Waals surface area contributed by atoms with Crippen LogP contribution in [0.15, 0.2) is 18.2 Å². The minimum Gasteiger partial charge on any atom is -0.493 e. The zero-order valence-corrected chi connectivity index (χ0v) is 12.8. The summed E-state index contributed by atoms with van der Waals surface area (Å²) in [6.45, 7) is 10.9. The van der Waals surface area contributed by atoms with Gasteiger partial charge in [0.2, 0.25) is 0 Å². The lowest BCUT2D eigenvalue weighted by atomic mass is 9.84. The Kier molecular flexibility index (Phi) is 4.51. The molecule has 1 aromatic carbocycles. The first-order valence-corrected chi connectivity index (χ1v) is 7.53. The third-order valence-electron chi connectivity index (χ3n) is 3.75. The average molecular weight is 261 g/mol. The molecule has 1 aliphatic rings. The van der Waals surface area contributed by atoms with Crippen LogP contribution in [0.3, 0.4) is 0 Å². The van der Waals surface area contributed by atoms with Gasteiger partial charge in [0, 0.05) is 11.6 Å². The van der Waals surface area contributed by atoms with E-state index < -0.39 is 0 Å². The Hall–Kier alpha value is -1.02. The Morgan fingerprint density at radius 1 is 1.32 bits per heavy atom. The highest BCUT2D eigenvalue weighted by Crippen LogP contribution is 2.39. The lowest BCUT2D eigenvalue weighted by molar-refractivity contribution is 0.307. The number of hydrogen-bond donors (Lipinski definition) is 1. The van der Waals surface area contributed by atoms with Gasteiger partial charge in [-0.1, -0.05) is 45.9 Å². The minimum atomic E-state index is 0.130. The van der Waals surface area contributed by atoms with Crippen molar-refractivity contribution in [2.45, 2.75) is 58.4 Å². The zero-order chi connectivity index (χ0) is 13.9. The van der Waals surface area contributed by atoms with Gasteiger partial charge >= 0.3 is 0 Å². The van der Waals surface area contributed by atoms with E-state index in [-0.39, 0.29) is 5.41 Å². The highest BCUT2D eigenvalue weighted by Gasteiger charge is 2.26. The fraction of sp³-hybridized carbons (Fsp3) is 0.647. The summed E-state index contributed by atoms with van der Waals surface area (Å²) in [7, 11) is 0. The average Bonchev–Trinajstić information content (AvgIpc) is 2.57. The second kappa shape index (κ2) is 5.96. The van der Waals surface area contributed by atoms with Crippen molar-refractivity contribution in [2.75, 3.05) is 13.2 Å². The standard InChI is InChI=1S/C17H27NO/c1-5-11-18-15-10-7-12-19-16-13(15)8-6-9-14(16)17(2,3)4/h6,8-9,15,18H,5,7,10-12H2,1-4H3. The van der Waals surface area contributed by atoms with Crippen LogP contribution < -0.4 is 10.1 Å². The summed E-state index contributed by atoms with van der Waals surface area (Å²) in [5.41, 5.74) is 2.80. The van der Waals surface area contributed by atoms with Gasteiger partial charge < -0.3 is 10.1 Å². The molecule has 0 fully saturated rings. The van der Waals surface area contributed by atoms with Crippen LogP contribution in [-0.4, -0.2) is 13.2 Å². The summed E-state index contributed by atoms with van der Waals surface area (Å²) in [6.07, 6.45) is 3.46. The maximum atomic E-state index is 6.08. The molecule has 0 saturated carbocycles. The van der Waals surface area contributed by atoms with Gasteiger partial charge in [0.25, 0.3) is 0 Å². The summed E-state index contributed by atoms with van der Waals surface area (Å²) in [4.78, 5) is 0. The molecule has 0 radical (unpaired) electrons. The van der Waals surface area contributed by atoms with E-state index in [0.717, 1.165) is 25.3 Å². The number of para-hydroxylation sites is 1. The molecular formula is C17H27NO. The number of fused-ring (bicyclic) bond motifs is 1. The van der Waals surface area contributed by atoms with Crippen LogP contribution in [0.2, 0.25) is 0 Å². The fourth-order valence-corrected chi connectivity index (χ4v) is 2.73. The molecule has 1 unspecified atom stereocenters. The Morgan fingerprint density at radius 3 is 2.79 bits per heavy atom. The molecule has 1 heterocycles. The monoisotopic (exact) mass is 261 g/mol. The predicted molar refractivity (Wildman–Crippen MR) is 80.9 cm³/mol. The van der Waals surface area contributed by atoms with Crippen LogP contribution in [-0.2, 0) is 5.41 Å². The van der Waals surface area contributed by atoms with Crippen molar-refractivity contribution in [3.8, 4) is 5.75 Å². The molecule has 1 N–H and O–H groups in total. The van der Waals surface area contributed by atoms with Gasteiger partial charge in [-0.3, -0.25) is 0 Å². The molecule has 0 aliphatic carbocycles. The van der Waals surface area contributed by atoms with Crippen molar-refractivity contribution in [2.24, 2.45) is 0 Å². The topological polar surface area (TPSA) is 21.3 Å².